The molecule has 0 amide bonds. The molecule has 0 fully saturated rings. The number of hydrogen-bond acceptors (Lipinski definition) is 4. The van der Waals surface area contributed by atoms with Crippen LogP contribution in [-0.4, -0.2) is 25.9 Å². The largest absolute Gasteiger partial charge is 0.262 e. The first-order valence-corrected chi connectivity index (χ1v) is 9.31. The molecule has 0 atom stereocenters. The third-order valence-corrected chi connectivity index (χ3v) is 4.41. The van der Waals surface area contributed by atoms with Crippen molar-refractivity contribution in [3.8, 4) is 0 Å². The Hall–Kier alpha value is -4.18. The molecule has 0 aliphatic carbocycles. The third-order valence-electron chi connectivity index (χ3n) is 4.41. The van der Waals surface area contributed by atoms with Crippen molar-refractivity contribution in [1.29, 1.82) is 0 Å². The molecule has 0 unspecified atom stereocenters. The lowest BCUT2D eigenvalue weighted by atomic mass is 10.1. The molecule has 0 saturated carbocycles. The average Bonchev–Trinajstić information content (AvgIpc) is 2.81. The first kappa shape index (κ1) is 20.6. The fraction of sp³-hybridized carbons (Fsp3) is 0. The van der Waals surface area contributed by atoms with E-state index in [-0.39, 0.29) is 0 Å². The summed E-state index contributed by atoms with van der Waals surface area (Å²) in [6.45, 7) is 14.8. The average molecular weight is 390 g/mol. The highest BCUT2D eigenvalue weighted by molar-refractivity contribution is 5.90. The van der Waals surface area contributed by atoms with Crippen LogP contribution in [0.1, 0.15) is 22.3 Å². The lowest BCUT2D eigenvalue weighted by Gasteiger charge is -2.06. The summed E-state index contributed by atoms with van der Waals surface area (Å²) in [6, 6.07) is 19.5. The van der Waals surface area contributed by atoms with Gasteiger partial charge < -0.3 is 0 Å². The van der Waals surface area contributed by atoms with Gasteiger partial charge in [-0.3, -0.25) is 20.0 Å². The molecule has 146 valence electrons. The van der Waals surface area contributed by atoms with Crippen LogP contribution in [0.5, 0.6) is 0 Å². The lowest BCUT2D eigenvalue weighted by molar-refractivity contribution is 1.40. The summed E-state index contributed by atoms with van der Waals surface area (Å²) in [5.41, 5.74) is 6.49. The van der Waals surface area contributed by atoms with E-state index >= 15 is 0 Å². The van der Waals surface area contributed by atoms with Gasteiger partial charge in [-0.25, -0.2) is 0 Å². The number of aliphatic imine (C=N–C) groups is 4. The first-order chi connectivity index (χ1) is 14.7. The summed E-state index contributed by atoms with van der Waals surface area (Å²) in [7, 11) is 0. The van der Waals surface area contributed by atoms with Gasteiger partial charge in [0.2, 0.25) is 0 Å². The van der Waals surface area contributed by atoms with Crippen molar-refractivity contribution in [2.75, 3.05) is 0 Å². The highest BCUT2D eigenvalue weighted by Gasteiger charge is 2.07. The summed E-state index contributed by atoms with van der Waals surface area (Å²) in [4.78, 5) is 17.4. The number of rotatable bonds is 8. The van der Waals surface area contributed by atoms with Gasteiger partial charge in [0.15, 0.2) is 0 Å². The molecule has 0 aliphatic heterocycles. The minimum Gasteiger partial charge on any atom is -0.262 e. The maximum absolute atomic E-state index is 4.64. The minimum absolute atomic E-state index is 0.601. The van der Waals surface area contributed by atoms with Crippen LogP contribution in [0.3, 0.4) is 0 Å². The molecule has 4 nitrogen and oxygen atoms in total. The fourth-order valence-electron chi connectivity index (χ4n) is 2.84. The molecule has 0 N–H and O–H groups in total. The molecule has 0 spiro atoms. The summed E-state index contributed by atoms with van der Waals surface area (Å²) >= 11 is 0. The van der Waals surface area contributed by atoms with Crippen molar-refractivity contribution in [1.82, 2.24) is 0 Å². The fourth-order valence-corrected chi connectivity index (χ4v) is 2.84. The van der Waals surface area contributed by atoms with Crippen molar-refractivity contribution in [3.63, 3.8) is 0 Å². The van der Waals surface area contributed by atoms with Gasteiger partial charge in [-0.2, -0.15) is 0 Å². The summed E-state index contributed by atoms with van der Waals surface area (Å²) in [5.74, 6) is 0. The first-order valence-electron chi connectivity index (χ1n) is 9.31. The van der Waals surface area contributed by atoms with Crippen molar-refractivity contribution in [3.05, 3.63) is 96.1 Å². The van der Waals surface area contributed by atoms with Crippen LogP contribution in [0.4, 0.5) is 22.7 Å². The van der Waals surface area contributed by atoms with E-state index in [2.05, 4.69) is 46.6 Å². The molecular weight excluding hydrogens is 368 g/mol. The van der Waals surface area contributed by atoms with Gasteiger partial charge in [0.1, 0.15) is 0 Å². The van der Waals surface area contributed by atoms with E-state index in [1.54, 1.807) is 36.7 Å². The van der Waals surface area contributed by atoms with E-state index in [1.165, 1.54) is 0 Å². The maximum Gasteiger partial charge on any atom is 0.0909 e. The van der Waals surface area contributed by atoms with Crippen LogP contribution in [0, 0.1) is 0 Å². The van der Waals surface area contributed by atoms with Gasteiger partial charge in [-0.05, 0) is 60.0 Å². The summed E-state index contributed by atoms with van der Waals surface area (Å²) < 4.78 is 0. The topological polar surface area (TPSA) is 49.4 Å². The van der Waals surface area contributed by atoms with Gasteiger partial charge in [0.25, 0.3) is 0 Å². The minimum atomic E-state index is 0.601. The smallest absolute Gasteiger partial charge is 0.0909 e. The second kappa shape index (κ2) is 9.85. The molecule has 4 heteroatoms. The predicted molar refractivity (Wildman–Crippen MR) is 132 cm³/mol. The Bertz CT molecular complexity index is 1080. The Morgan fingerprint density at radius 3 is 1.30 bits per heavy atom. The Balaban J connectivity index is 2.03. The second-order valence-electron chi connectivity index (χ2n) is 6.41. The standard InChI is InChI=1S/C26H22N4/c1-5-19-9-7-11-21(13-19)17-29-25-15-23(27-3)24(28-4)16-26(25)30-18-22-12-8-10-20(6-2)14-22/h5-18H,1-4H2. The number of nitrogens with zero attached hydrogens (tertiary/aromatic N) is 4. The zero-order chi connectivity index (χ0) is 21.3. The zero-order valence-electron chi connectivity index (χ0n) is 16.7. The van der Waals surface area contributed by atoms with Crippen molar-refractivity contribution < 1.29 is 0 Å². The van der Waals surface area contributed by atoms with Crippen LogP contribution >= 0.6 is 0 Å². The summed E-state index contributed by atoms with van der Waals surface area (Å²) in [6.07, 6.45) is 7.17. The highest BCUT2D eigenvalue weighted by Crippen LogP contribution is 2.39. The van der Waals surface area contributed by atoms with Crippen LogP contribution in [0.2, 0.25) is 0 Å². The molecule has 0 aliphatic rings. The van der Waals surface area contributed by atoms with Gasteiger partial charge in [0.05, 0.1) is 22.7 Å². The molecule has 0 heterocycles. The molecule has 30 heavy (non-hydrogen) atoms. The van der Waals surface area contributed by atoms with Crippen molar-refractivity contribution in [2.45, 2.75) is 0 Å². The molecule has 0 bridgehead atoms. The normalized spacial score (nSPS) is 10.9. The van der Waals surface area contributed by atoms with E-state index in [4.69, 9.17) is 0 Å². The molecule has 3 aromatic carbocycles. The molecular formula is C26H22N4. The molecule has 0 radical (unpaired) electrons. The van der Waals surface area contributed by atoms with Crippen molar-refractivity contribution in [2.24, 2.45) is 20.0 Å². The van der Waals surface area contributed by atoms with Crippen LogP contribution in [0.25, 0.3) is 12.2 Å². The van der Waals surface area contributed by atoms with E-state index in [0.717, 1.165) is 22.3 Å². The monoisotopic (exact) mass is 390 g/mol. The van der Waals surface area contributed by atoms with Gasteiger partial charge in [0, 0.05) is 12.4 Å². The van der Waals surface area contributed by atoms with E-state index in [1.807, 2.05) is 48.5 Å². The Kier molecular flexibility index (Phi) is 6.74. The van der Waals surface area contributed by atoms with Gasteiger partial charge >= 0.3 is 0 Å². The quantitative estimate of drug-likeness (QED) is 0.367. The predicted octanol–water partition coefficient (Wildman–Crippen LogP) is 7.14. The van der Waals surface area contributed by atoms with E-state index in [9.17, 15) is 0 Å². The Morgan fingerprint density at radius 2 is 0.933 bits per heavy atom. The SMILES string of the molecule is C=Cc1cccc(C=Nc2cc(N=C)c(N=C)cc2N=Cc2cccc(C=C)c2)c1. The van der Waals surface area contributed by atoms with Gasteiger partial charge in [-0.15, -0.1) is 0 Å². The highest BCUT2D eigenvalue weighted by atomic mass is 14.9. The molecule has 0 aromatic heterocycles. The summed E-state index contributed by atoms with van der Waals surface area (Å²) in [5, 5.41) is 0. The van der Waals surface area contributed by atoms with Crippen LogP contribution in [-0.2, 0) is 0 Å². The third kappa shape index (κ3) is 5.00. The Morgan fingerprint density at radius 1 is 0.533 bits per heavy atom. The Labute approximate surface area is 177 Å². The van der Waals surface area contributed by atoms with Crippen molar-refractivity contribution >= 4 is 60.8 Å². The second-order valence-corrected chi connectivity index (χ2v) is 6.41. The maximum atomic E-state index is 4.64. The molecule has 3 aromatic rings. The number of benzene rings is 3. The number of hydrogen-bond donors (Lipinski definition) is 0. The van der Waals surface area contributed by atoms with E-state index < -0.39 is 0 Å². The lowest BCUT2D eigenvalue weighted by Crippen LogP contribution is -1.84. The van der Waals surface area contributed by atoms with Crippen LogP contribution in [0.15, 0.2) is 93.8 Å². The molecule has 3 rings (SSSR count). The van der Waals surface area contributed by atoms with Gasteiger partial charge in [-0.1, -0.05) is 61.7 Å². The molecule has 0 saturated heterocycles. The van der Waals surface area contributed by atoms with Crippen LogP contribution < -0.4 is 0 Å². The zero-order valence-corrected chi connectivity index (χ0v) is 16.7. The van der Waals surface area contributed by atoms with E-state index in [0.29, 0.717) is 22.7 Å².